The SMILES string of the molecule is Cc1ccc(S(=O)(=O)N(C)C)cc1NC(=O)COc1ncnc2ccccc12. The molecule has 2 aromatic carbocycles. The Hall–Kier alpha value is -3.04. The van der Waals surface area contributed by atoms with E-state index in [4.69, 9.17) is 4.74 Å². The van der Waals surface area contributed by atoms with Gasteiger partial charge in [0.1, 0.15) is 6.33 Å². The highest BCUT2D eigenvalue weighted by Crippen LogP contribution is 2.23. The first-order valence-electron chi connectivity index (χ1n) is 8.44. The highest BCUT2D eigenvalue weighted by atomic mass is 32.2. The minimum Gasteiger partial charge on any atom is -0.467 e. The quantitative estimate of drug-likeness (QED) is 0.681. The second-order valence-corrected chi connectivity index (χ2v) is 8.45. The number of carbonyl (C=O) groups is 1. The van der Waals surface area contributed by atoms with E-state index in [1.165, 1.54) is 32.6 Å². The molecule has 0 aliphatic rings. The molecule has 0 spiro atoms. The van der Waals surface area contributed by atoms with Crippen molar-refractivity contribution in [1.29, 1.82) is 0 Å². The molecule has 0 radical (unpaired) electrons. The molecule has 1 heterocycles. The van der Waals surface area contributed by atoms with Gasteiger partial charge in [-0.25, -0.2) is 22.7 Å². The normalized spacial score (nSPS) is 11.6. The van der Waals surface area contributed by atoms with Gasteiger partial charge in [0.25, 0.3) is 5.91 Å². The number of aromatic nitrogens is 2. The molecule has 3 rings (SSSR count). The monoisotopic (exact) mass is 400 g/mol. The largest absolute Gasteiger partial charge is 0.467 e. The molecule has 1 aromatic heterocycles. The zero-order valence-corrected chi connectivity index (χ0v) is 16.5. The van der Waals surface area contributed by atoms with Crippen molar-refractivity contribution in [3.63, 3.8) is 0 Å². The van der Waals surface area contributed by atoms with Gasteiger partial charge in [-0.15, -0.1) is 0 Å². The average Bonchev–Trinajstić information content (AvgIpc) is 2.67. The maximum absolute atomic E-state index is 12.3. The zero-order chi connectivity index (χ0) is 20.3. The number of nitrogens with one attached hydrogen (secondary N) is 1. The molecule has 3 aromatic rings. The number of hydrogen-bond acceptors (Lipinski definition) is 6. The second kappa shape index (κ2) is 7.91. The number of amides is 1. The molecule has 0 atom stereocenters. The summed E-state index contributed by atoms with van der Waals surface area (Å²) < 4.78 is 31.2. The lowest BCUT2D eigenvalue weighted by Gasteiger charge is -2.14. The molecule has 0 saturated heterocycles. The molecule has 9 heteroatoms. The van der Waals surface area contributed by atoms with Crippen LogP contribution in [0.15, 0.2) is 53.7 Å². The summed E-state index contributed by atoms with van der Waals surface area (Å²) in [6.07, 6.45) is 1.37. The van der Waals surface area contributed by atoms with Crippen LogP contribution in [0.1, 0.15) is 5.56 Å². The molecule has 0 saturated carbocycles. The first kappa shape index (κ1) is 19.7. The van der Waals surface area contributed by atoms with Crippen molar-refractivity contribution in [3.8, 4) is 5.88 Å². The van der Waals surface area contributed by atoms with E-state index < -0.39 is 15.9 Å². The van der Waals surface area contributed by atoms with Crippen molar-refractivity contribution in [2.75, 3.05) is 26.0 Å². The van der Waals surface area contributed by atoms with Crippen LogP contribution < -0.4 is 10.1 Å². The van der Waals surface area contributed by atoms with Crippen LogP contribution in [0.5, 0.6) is 5.88 Å². The Balaban J connectivity index is 1.75. The number of ether oxygens (including phenoxy) is 1. The van der Waals surface area contributed by atoms with Gasteiger partial charge in [-0.3, -0.25) is 4.79 Å². The summed E-state index contributed by atoms with van der Waals surface area (Å²) in [4.78, 5) is 20.6. The Labute approximate surface area is 163 Å². The third-order valence-corrected chi connectivity index (χ3v) is 5.92. The van der Waals surface area contributed by atoms with Crippen LogP contribution in [0.4, 0.5) is 5.69 Å². The van der Waals surface area contributed by atoms with Crippen molar-refractivity contribution in [1.82, 2.24) is 14.3 Å². The molecule has 28 heavy (non-hydrogen) atoms. The van der Waals surface area contributed by atoms with Crippen molar-refractivity contribution < 1.29 is 17.9 Å². The van der Waals surface area contributed by atoms with Crippen LogP contribution in [0, 0.1) is 6.92 Å². The van der Waals surface area contributed by atoms with Gasteiger partial charge in [0.05, 0.1) is 15.8 Å². The van der Waals surface area contributed by atoms with Gasteiger partial charge in [-0.2, -0.15) is 0 Å². The van der Waals surface area contributed by atoms with Crippen LogP contribution in [-0.4, -0.2) is 49.3 Å². The van der Waals surface area contributed by atoms with Crippen LogP contribution in [0.2, 0.25) is 0 Å². The van der Waals surface area contributed by atoms with Crippen LogP contribution in [0.25, 0.3) is 10.9 Å². The average molecular weight is 400 g/mol. The molecule has 0 aliphatic heterocycles. The number of fused-ring (bicyclic) bond motifs is 1. The van der Waals surface area contributed by atoms with Gasteiger partial charge in [0.15, 0.2) is 6.61 Å². The number of aryl methyl sites for hydroxylation is 1. The number of rotatable bonds is 6. The van der Waals surface area contributed by atoms with E-state index in [1.807, 2.05) is 24.3 Å². The summed E-state index contributed by atoms with van der Waals surface area (Å²) in [5, 5.41) is 3.39. The van der Waals surface area contributed by atoms with Crippen molar-refractivity contribution in [3.05, 3.63) is 54.4 Å². The Bertz CT molecular complexity index is 1120. The third kappa shape index (κ3) is 4.10. The molecule has 0 aliphatic carbocycles. The van der Waals surface area contributed by atoms with Crippen LogP contribution >= 0.6 is 0 Å². The van der Waals surface area contributed by atoms with Crippen molar-refractivity contribution >= 4 is 32.5 Å². The lowest BCUT2D eigenvalue weighted by atomic mass is 10.2. The lowest BCUT2D eigenvalue weighted by molar-refractivity contribution is -0.118. The van der Waals surface area contributed by atoms with E-state index in [1.54, 1.807) is 13.0 Å². The molecule has 146 valence electrons. The molecule has 0 unspecified atom stereocenters. The van der Waals surface area contributed by atoms with Gasteiger partial charge in [-0.05, 0) is 36.8 Å². The Morgan fingerprint density at radius 1 is 1.14 bits per heavy atom. The fourth-order valence-corrected chi connectivity index (χ4v) is 3.45. The number of sulfonamides is 1. The Morgan fingerprint density at radius 3 is 2.64 bits per heavy atom. The highest BCUT2D eigenvalue weighted by Gasteiger charge is 2.19. The van der Waals surface area contributed by atoms with E-state index in [9.17, 15) is 13.2 Å². The van der Waals surface area contributed by atoms with Crippen molar-refractivity contribution in [2.45, 2.75) is 11.8 Å². The fourth-order valence-electron chi connectivity index (χ4n) is 2.52. The number of anilines is 1. The summed E-state index contributed by atoms with van der Waals surface area (Å²) >= 11 is 0. The molecule has 0 fully saturated rings. The summed E-state index contributed by atoms with van der Waals surface area (Å²) in [5.41, 5.74) is 1.85. The highest BCUT2D eigenvalue weighted by molar-refractivity contribution is 7.89. The van der Waals surface area contributed by atoms with E-state index in [2.05, 4.69) is 15.3 Å². The van der Waals surface area contributed by atoms with Crippen LogP contribution in [-0.2, 0) is 14.8 Å². The summed E-state index contributed by atoms with van der Waals surface area (Å²) in [6, 6.07) is 11.9. The predicted molar refractivity (Wildman–Crippen MR) is 106 cm³/mol. The maximum Gasteiger partial charge on any atom is 0.262 e. The van der Waals surface area contributed by atoms with Gasteiger partial charge in [0.2, 0.25) is 15.9 Å². The molecular formula is C19H20N4O4S. The number of para-hydroxylation sites is 1. The standard InChI is InChI=1S/C19H20N4O4S/c1-13-8-9-14(28(25,26)23(2)3)10-17(13)22-18(24)11-27-19-15-6-4-5-7-16(15)20-12-21-19/h4-10,12H,11H2,1-3H3,(H,22,24). The number of carbonyl (C=O) groups excluding carboxylic acids is 1. The van der Waals surface area contributed by atoms with Gasteiger partial charge in [-0.1, -0.05) is 18.2 Å². The second-order valence-electron chi connectivity index (χ2n) is 6.30. The molecule has 1 N–H and O–H groups in total. The molecule has 1 amide bonds. The zero-order valence-electron chi connectivity index (χ0n) is 15.7. The topological polar surface area (TPSA) is 101 Å². The summed E-state index contributed by atoms with van der Waals surface area (Å²) in [7, 11) is -0.694. The molecule has 0 bridgehead atoms. The van der Waals surface area contributed by atoms with Gasteiger partial charge in [0, 0.05) is 19.8 Å². The number of hydrogen-bond donors (Lipinski definition) is 1. The smallest absolute Gasteiger partial charge is 0.262 e. The summed E-state index contributed by atoms with van der Waals surface area (Å²) in [5.74, 6) is -0.119. The van der Waals surface area contributed by atoms with E-state index in [0.717, 1.165) is 9.87 Å². The summed E-state index contributed by atoms with van der Waals surface area (Å²) in [6.45, 7) is 1.51. The van der Waals surface area contributed by atoms with Gasteiger partial charge >= 0.3 is 0 Å². The fraction of sp³-hybridized carbons (Fsp3) is 0.211. The van der Waals surface area contributed by atoms with E-state index in [0.29, 0.717) is 22.5 Å². The van der Waals surface area contributed by atoms with Crippen molar-refractivity contribution in [2.24, 2.45) is 0 Å². The Kier molecular flexibility index (Phi) is 5.57. The maximum atomic E-state index is 12.3. The minimum atomic E-state index is -3.60. The lowest BCUT2D eigenvalue weighted by Crippen LogP contribution is -2.23. The third-order valence-electron chi connectivity index (χ3n) is 4.11. The van der Waals surface area contributed by atoms with Gasteiger partial charge < -0.3 is 10.1 Å². The molecule has 8 nitrogen and oxygen atoms in total. The predicted octanol–water partition coefficient (Wildman–Crippen LogP) is 2.21. The van der Waals surface area contributed by atoms with E-state index in [-0.39, 0.29) is 11.5 Å². The van der Waals surface area contributed by atoms with Crippen LogP contribution in [0.3, 0.4) is 0 Å². The Morgan fingerprint density at radius 2 is 1.89 bits per heavy atom. The van der Waals surface area contributed by atoms with E-state index >= 15 is 0 Å². The molecular weight excluding hydrogens is 380 g/mol. The first-order chi connectivity index (χ1) is 13.3. The number of nitrogens with zero attached hydrogens (tertiary/aromatic N) is 3. The minimum absolute atomic E-state index is 0.0983. The first-order valence-corrected chi connectivity index (χ1v) is 9.88. The number of benzene rings is 2.